The third kappa shape index (κ3) is 4.69. The van der Waals surface area contributed by atoms with E-state index < -0.39 is 41.9 Å². The quantitative estimate of drug-likeness (QED) is 0.459. The molecule has 0 aromatic rings. The highest BCUT2D eigenvalue weighted by Gasteiger charge is 2.36. The maximum atomic E-state index is 12.2. The van der Waals surface area contributed by atoms with Crippen molar-refractivity contribution >= 4 is 23.8 Å². The first-order valence-electron chi connectivity index (χ1n) is 7.05. The number of nitrogens with zero attached hydrogens (tertiary/aromatic N) is 1. The molecule has 1 aliphatic heterocycles. The highest BCUT2D eigenvalue weighted by molar-refractivity contribution is 5.92. The monoisotopic (exact) mass is 315 g/mol. The van der Waals surface area contributed by atoms with Crippen molar-refractivity contribution in [2.24, 2.45) is 5.73 Å². The zero-order valence-electron chi connectivity index (χ0n) is 12.3. The Kier molecular flexibility index (Phi) is 6.29. The molecule has 0 aromatic heterocycles. The van der Waals surface area contributed by atoms with E-state index in [2.05, 4.69) is 5.32 Å². The molecular formula is C13H21N3O6. The van der Waals surface area contributed by atoms with Gasteiger partial charge >= 0.3 is 11.9 Å². The fourth-order valence-electron chi connectivity index (χ4n) is 2.29. The molecule has 1 fully saturated rings. The number of nitrogens with two attached hydrogens (primary N) is 1. The van der Waals surface area contributed by atoms with Crippen LogP contribution in [-0.4, -0.2) is 63.5 Å². The Balaban J connectivity index is 2.65. The molecule has 0 aromatic carbocycles. The number of carboxylic acid groups (broad SMARTS) is 2. The molecule has 1 saturated heterocycles. The summed E-state index contributed by atoms with van der Waals surface area (Å²) in [5, 5.41) is 19.7. The van der Waals surface area contributed by atoms with Crippen LogP contribution in [0.3, 0.4) is 0 Å². The van der Waals surface area contributed by atoms with Crippen molar-refractivity contribution in [3.63, 3.8) is 0 Å². The average molecular weight is 315 g/mol. The van der Waals surface area contributed by atoms with Crippen molar-refractivity contribution < 1.29 is 29.4 Å². The molecule has 0 saturated carbocycles. The van der Waals surface area contributed by atoms with E-state index >= 15 is 0 Å². The van der Waals surface area contributed by atoms with Gasteiger partial charge in [0, 0.05) is 13.0 Å². The van der Waals surface area contributed by atoms with Crippen molar-refractivity contribution in [3.05, 3.63) is 0 Å². The number of rotatable bonds is 7. The third-order valence-corrected chi connectivity index (χ3v) is 3.55. The van der Waals surface area contributed by atoms with Crippen molar-refractivity contribution in [3.8, 4) is 0 Å². The van der Waals surface area contributed by atoms with Crippen LogP contribution in [0.15, 0.2) is 0 Å². The molecule has 0 aliphatic carbocycles. The molecule has 1 heterocycles. The topological polar surface area (TPSA) is 150 Å². The van der Waals surface area contributed by atoms with Gasteiger partial charge in [0.05, 0.1) is 6.04 Å². The lowest BCUT2D eigenvalue weighted by Gasteiger charge is -2.27. The summed E-state index contributed by atoms with van der Waals surface area (Å²) in [7, 11) is 0. The van der Waals surface area contributed by atoms with Gasteiger partial charge in [0.25, 0.3) is 0 Å². The maximum Gasteiger partial charge on any atom is 0.325 e. The van der Waals surface area contributed by atoms with E-state index in [-0.39, 0.29) is 12.8 Å². The molecule has 1 aliphatic rings. The van der Waals surface area contributed by atoms with Gasteiger partial charge in [0.2, 0.25) is 11.8 Å². The number of carbonyl (C=O) groups excluding carboxylic acids is 2. The second kappa shape index (κ2) is 7.74. The van der Waals surface area contributed by atoms with Crippen molar-refractivity contribution in [1.82, 2.24) is 10.2 Å². The van der Waals surface area contributed by atoms with Crippen LogP contribution in [0.2, 0.25) is 0 Å². The van der Waals surface area contributed by atoms with Gasteiger partial charge in [-0.3, -0.25) is 19.2 Å². The van der Waals surface area contributed by atoms with Gasteiger partial charge < -0.3 is 26.2 Å². The van der Waals surface area contributed by atoms with Crippen molar-refractivity contribution in [2.45, 2.75) is 50.7 Å². The van der Waals surface area contributed by atoms with Gasteiger partial charge in [-0.1, -0.05) is 0 Å². The van der Waals surface area contributed by atoms with E-state index in [4.69, 9.17) is 15.9 Å². The minimum Gasteiger partial charge on any atom is -0.481 e. The molecular weight excluding hydrogens is 294 g/mol. The predicted octanol–water partition coefficient (Wildman–Crippen LogP) is -1.24. The zero-order chi connectivity index (χ0) is 16.9. The Hall–Kier alpha value is -2.16. The second-order valence-electron chi connectivity index (χ2n) is 5.30. The first-order valence-corrected chi connectivity index (χ1v) is 7.05. The summed E-state index contributed by atoms with van der Waals surface area (Å²) in [6, 6.07) is -2.79. The van der Waals surface area contributed by atoms with Crippen LogP contribution in [0.1, 0.15) is 32.6 Å². The normalized spacial score (nSPS) is 20.3. The first kappa shape index (κ1) is 17.9. The number of nitrogens with one attached hydrogen (secondary N) is 1. The molecule has 0 spiro atoms. The number of carboxylic acids is 2. The second-order valence-corrected chi connectivity index (χ2v) is 5.30. The van der Waals surface area contributed by atoms with Gasteiger partial charge in [-0.05, 0) is 26.2 Å². The fraction of sp³-hybridized carbons (Fsp3) is 0.692. The fourth-order valence-corrected chi connectivity index (χ4v) is 2.29. The molecule has 9 heteroatoms. The zero-order valence-corrected chi connectivity index (χ0v) is 12.3. The number of carbonyl (C=O) groups is 4. The van der Waals surface area contributed by atoms with Gasteiger partial charge in [-0.15, -0.1) is 0 Å². The number of amides is 2. The molecule has 0 bridgehead atoms. The number of hydrogen-bond acceptors (Lipinski definition) is 5. The highest BCUT2D eigenvalue weighted by Crippen LogP contribution is 2.19. The van der Waals surface area contributed by atoms with E-state index in [0.717, 1.165) is 0 Å². The summed E-state index contributed by atoms with van der Waals surface area (Å²) in [4.78, 5) is 46.8. The van der Waals surface area contributed by atoms with Crippen LogP contribution in [0.4, 0.5) is 0 Å². The lowest BCUT2D eigenvalue weighted by Crippen LogP contribution is -2.53. The average Bonchev–Trinajstić information content (AvgIpc) is 2.92. The summed E-state index contributed by atoms with van der Waals surface area (Å²) in [5.41, 5.74) is 5.68. The van der Waals surface area contributed by atoms with Crippen LogP contribution < -0.4 is 11.1 Å². The lowest BCUT2D eigenvalue weighted by molar-refractivity contribution is -0.143. The number of hydrogen-bond donors (Lipinski definition) is 4. The van der Waals surface area contributed by atoms with Crippen LogP contribution in [0.25, 0.3) is 0 Å². The molecule has 3 unspecified atom stereocenters. The SMILES string of the molecule is CC(NC(=O)C1CCCN1C(=O)C(N)CCC(=O)O)C(=O)O. The van der Waals surface area contributed by atoms with Gasteiger partial charge in [-0.25, -0.2) is 0 Å². The number of aliphatic carboxylic acids is 2. The lowest BCUT2D eigenvalue weighted by atomic mass is 10.1. The first-order chi connectivity index (χ1) is 10.2. The van der Waals surface area contributed by atoms with Gasteiger partial charge in [-0.2, -0.15) is 0 Å². The van der Waals surface area contributed by atoms with Gasteiger partial charge in [0.1, 0.15) is 12.1 Å². The molecule has 5 N–H and O–H groups in total. The highest BCUT2D eigenvalue weighted by atomic mass is 16.4. The molecule has 3 atom stereocenters. The summed E-state index contributed by atoms with van der Waals surface area (Å²) in [5.74, 6) is -3.23. The summed E-state index contributed by atoms with van der Waals surface area (Å²) < 4.78 is 0. The molecule has 124 valence electrons. The predicted molar refractivity (Wildman–Crippen MR) is 74.8 cm³/mol. The molecule has 0 radical (unpaired) electrons. The van der Waals surface area contributed by atoms with E-state index in [0.29, 0.717) is 19.4 Å². The maximum absolute atomic E-state index is 12.2. The molecule has 9 nitrogen and oxygen atoms in total. The molecule has 1 rings (SSSR count). The Labute approximate surface area is 127 Å². The van der Waals surface area contributed by atoms with Crippen molar-refractivity contribution in [1.29, 1.82) is 0 Å². The van der Waals surface area contributed by atoms with Crippen LogP contribution in [-0.2, 0) is 19.2 Å². The summed E-state index contributed by atoms with van der Waals surface area (Å²) in [6.45, 7) is 1.68. The van der Waals surface area contributed by atoms with E-state index in [9.17, 15) is 19.2 Å². The summed E-state index contributed by atoms with van der Waals surface area (Å²) in [6.07, 6.45) is 0.796. The van der Waals surface area contributed by atoms with E-state index in [1.165, 1.54) is 11.8 Å². The number of likely N-dealkylation sites (tertiary alicyclic amines) is 1. The Morgan fingerprint density at radius 3 is 2.50 bits per heavy atom. The third-order valence-electron chi connectivity index (χ3n) is 3.55. The van der Waals surface area contributed by atoms with Crippen LogP contribution in [0, 0.1) is 0 Å². The van der Waals surface area contributed by atoms with Crippen molar-refractivity contribution in [2.75, 3.05) is 6.54 Å². The van der Waals surface area contributed by atoms with E-state index in [1.54, 1.807) is 0 Å². The molecule has 22 heavy (non-hydrogen) atoms. The van der Waals surface area contributed by atoms with Gasteiger partial charge in [0.15, 0.2) is 0 Å². The Bertz CT molecular complexity index is 467. The summed E-state index contributed by atoms with van der Waals surface area (Å²) >= 11 is 0. The minimum absolute atomic E-state index is 0.00939. The Morgan fingerprint density at radius 2 is 1.95 bits per heavy atom. The van der Waals surface area contributed by atoms with Crippen LogP contribution >= 0.6 is 0 Å². The molecule has 2 amide bonds. The largest absolute Gasteiger partial charge is 0.481 e. The smallest absolute Gasteiger partial charge is 0.325 e. The Morgan fingerprint density at radius 1 is 1.32 bits per heavy atom. The van der Waals surface area contributed by atoms with Crippen LogP contribution in [0.5, 0.6) is 0 Å². The minimum atomic E-state index is -1.16. The van der Waals surface area contributed by atoms with E-state index in [1.807, 2.05) is 0 Å². The standard InChI is InChI=1S/C13H21N3O6/c1-7(13(21)22)15-11(19)9-3-2-6-16(9)12(20)8(14)4-5-10(17)18/h7-9H,2-6,14H2,1H3,(H,15,19)(H,17,18)(H,21,22).